The first-order chi connectivity index (χ1) is 9.61. The summed E-state index contributed by atoms with van der Waals surface area (Å²) in [6.07, 6.45) is 1.57. The molecule has 20 heavy (non-hydrogen) atoms. The zero-order valence-corrected chi connectivity index (χ0v) is 12.6. The van der Waals surface area contributed by atoms with Crippen molar-refractivity contribution < 1.29 is 4.74 Å². The molecule has 2 rings (SSSR count). The van der Waals surface area contributed by atoms with Crippen LogP contribution in [0.2, 0.25) is 5.02 Å². The highest BCUT2D eigenvalue weighted by atomic mass is 35.5. The lowest BCUT2D eigenvalue weighted by molar-refractivity contribution is 0.410. The van der Waals surface area contributed by atoms with Crippen molar-refractivity contribution >= 4 is 17.4 Å². The number of hydrogen-bond donors (Lipinski definition) is 1. The van der Waals surface area contributed by atoms with Crippen molar-refractivity contribution in [2.45, 2.75) is 26.3 Å². The van der Waals surface area contributed by atoms with Gasteiger partial charge >= 0.3 is 0 Å². The third-order valence-electron chi connectivity index (χ3n) is 3.02. The fourth-order valence-corrected chi connectivity index (χ4v) is 2.10. The molecule has 0 radical (unpaired) electrons. The predicted octanol–water partition coefficient (Wildman–Crippen LogP) is 3.87. The summed E-state index contributed by atoms with van der Waals surface area (Å²) in [5, 5.41) is 3.93. The second-order valence-electron chi connectivity index (χ2n) is 4.76. The van der Waals surface area contributed by atoms with E-state index in [1.165, 1.54) is 0 Å². The number of hydrogen-bond acceptors (Lipinski definition) is 4. The normalized spacial score (nSPS) is 10.7. The smallest absolute Gasteiger partial charge is 0.129 e. The molecule has 0 bridgehead atoms. The van der Waals surface area contributed by atoms with Gasteiger partial charge in [-0.25, -0.2) is 9.97 Å². The molecular weight excluding hydrogens is 274 g/mol. The molecule has 1 heterocycles. The fourth-order valence-electron chi connectivity index (χ4n) is 1.87. The van der Waals surface area contributed by atoms with Crippen LogP contribution in [0.3, 0.4) is 0 Å². The summed E-state index contributed by atoms with van der Waals surface area (Å²) in [6, 6.07) is 7.56. The first-order valence-electron chi connectivity index (χ1n) is 6.49. The first kappa shape index (κ1) is 14.6. The molecule has 0 fully saturated rings. The minimum Gasteiger partial charge on any atom is -0.496 e. The number of aromatic nitrogens is 2. The van der Waals surface area contributed by atoms with Crippen LogP contribution >= 0.6 is 11.6 Å². The zero-order valence-electron chi connectivity index (χ0n) is 11.9. The van der Waals surface area contributed by atoms with E-state index in [2.05, 4.69) is 29.1 Å². The van der Waals surface area contributed by atoms with Crippen LogP contribution in [-0.4, -0.2) is 17.1 Å². The summed E-state index contributed by atoms with van der Waals surface area (Å²) < 4.78 is 5.32. The van der Waals surface area contributed by atoms with Gasteiger partial charge in [0.1, 0.15) is 17.9 Å². The number of benzene rings is 1. The van der Waals surface area contributed by atoms with E-state index in [0.29, 0.717) is 17.5 Å². The van der Waals surface area contributed by atoms with Gasteiger partial charge in [-0.15, -0.1) is 0 Å². The van der Waals surface area contributed by atoms with Gasteiger partial charge in [0.05, 0.1) is 7.11 Å². The van der Waals surface area contributed by atoms with Crippen LogP contribution in [0.5, 0.6) is 5.75 Å². The number of nitrogens with one attached hydrogen (secondary N) is 1. The van der Waals surface area contributed by atoms with Crippen molar-refractivity contribution in [3.05, 3.63) is 46.9 Å². The number of methoxy groups -OCH3 is 1. The Morgan fingerprint density at radius 2 is 2.10 bits per heavy atom. The Hall–Kier alpha value is -1.81. The van der Waals surface area contributed by atoms with E-state index < -0.39 is 0 Å². The molecule has 5 heteroatoms. The number of nitrogens with zero attached hydrogens (tertiary/aromatic N) is 2. The van der Waals surface area contributed by atoms with E-state index in [4.69, 9.17) is 16.3 Å². The van der Waals surface area contributed by atoms with Crippen molar-refractivity contribution in [3.63, 3.8) is 0 Å². The van der Waals surface area contributed by atoms with Gasteiger partial charge in [0.2, 0.25) is 0 Å². The van der Waals surface area contributed by atoms with Crippen molar-refractivity contribution in [1.29, 1.82) is 0 Å². The van der Waals surface area contributed by atoms with E-state index in [1.807, 2.05) is 24.3 Å². The van der Waals surface area contributed by atoms with Gasteiger partial charge in [-0.1, -0.05) is 31.5 Å². The Kier molecular flexibility index (Phi) is 4.79. The molecule has 1 aromatic heterocycles. The number of halogens is 1. The molecule has 106 valence electrons. The summed E-state index contributed by atoms with van der Waals surface area (Å²) >= 11 is 6.20. The highest BCUT2D eigenvalue weighted by Crippen LogP contribution is 2.27. The van der Waals surface area contributed by atoms with Gasteiger partial charge in [0.25, 0.3) is 0 Å². The van der Waals surface area contributed by atoms with Crippen LogP contribution < -0.4 is 10.1 Å². The summed E-state index contributed by atoms with van der Waals surface area (Å²) in [6.45, 7) is 4.75. The quantitative estimate of drug-likeness (QED) is 0.908. The van der Waals surface area contributed by atoms with Crippen molar-refractivity contribution in [2.75, 3.05) is 12.4 Å². The number of rotatable bonds is 5. The minimum atomic E-state index is 0.369. The van der Waals surface area contributed by atoms with Gasteiger partial charge in [0, 0.05) is 28.9 Å². The molecule has 1 N–H and O–H groups in total. The summed E-state index contributed by atoms with van der Waals surface area (Å²) in [5.74, 6) is 1.92. The average molecular weight is 292 g/mol. The molecule has 0 saturated heterocycles. The summed E-state index contributed by atoms with van der Waals surface area (Å²) in [4.78, 5) is 8.46. The molecule has 0 aliphatic carbocycles. The maximum atomic E-state index is 6.20. The van der Waals surface area contributed by atoms with Crippen LogP contribution in [0.4, 0.5) is 5.82 Å². The second kappa shape index (κ2) is 6.57. The molecule has 0 amide bonds. The molecule has 4 nitrogen and oxygen atoms in total. The van der Waals surface area contributed by atoms with Crippen LogP contribution in [0.25, 0.3) is 0 Å². The van der Waals surface area contributed by atoms with Gasteiger partial charge in [-0.05, 0) is 18.1 Å². The molecular formula is C15H18ClN3O. The Bertz CT molecular complexity index is 587. The van der Waals surface area contributed by atoms with Gasteiger partial charge in [-0.3, -0.25) is 0 Å². The molecule has 1 aromatic carbocycles. The first-order valence-corrected chi connectivity index (χ1v) is 6.86. The third-order valence-corrected chi connectivity index (χ3v) is 3.38. The molecule has 0 aliphatic rings. The van der Waals surface area contributed by atoms with Crippen molar-refractivity contribution in [2.24, 2.45) is 0 Å². The summed E-state index contributed by atoms with van der Waals surface area (Å²) in [7, 11) is 1.64. The van der Waals surface area contributed by atoms with E-state index in [9.17, 15) is 0 Å². The lowest BCUT2D eigenvalue weighted by Gasteiger charge is -2.12. The molecule has 0 unspecified atom stereocenters. The van der Waals surface area contributed by atoms with E-state index in [1.54, 1.807) is 13.4 Å². The second-order valence-corrected chi connectivity index (χ2v) is 5.16. The Morgan fingerprint density at radius 3 is 2.80 bits per heavy atom. The highest BCUT2D eigenvalue weighted by Gasteiger charge is 2.08. The Balaban J connectivity index is 2.15. The number of ether oxygens (including phenoxy) is 1. The van der Waals surface area contributed by atoms with E-state index >= 15 is 0 Å². The summed E-state index contributed by atoms with van der Waals surface area (Å²) in [5.41, 5.74) is 1.93. The number of anilines is 1. The average Bonchev–Trinajstić information content (AvgIpc) is 2.46. The lowest BCUT2D eigenvalue weighted by atomic mass is 10.1. The van der Waals surface area contributed by atoms with E-state index in [-0.39, 0.29) is 0 Å². The minimum absolute atomic E-state index is 0.369. The van der Waals surface area contributed by atoms with Crippen LogP contribution in [0.1, 0.15) is 31.0 Å². The van der Waals surface area contributed by atoms with Gasteiger partial charge < -0.3 is 10.1 Å². The SMILES string of the molecule is COc1cccc(Cl)c1CNc1cc(C(C)C)ncn1. The maximum Gasteiger partial charge on any atom is 0.129 e. The standard InChI is InChI=1S/C15H18ClN3O/c1-10(2)13-7-15(19-9-18-13)17-8-11-12(16)5-4-6-14(11)20-3/h4-7,9-10H,8H2,1-3H3,(H,17,18,19). The molecule has 2 aromatic rings. The monoisotopic (exact) mass is 291 g/mol. The van der Waals surface area contributed by atoms with Crippen molar-refractivity contribution in [1.82, 2.24) is 9.97 Å². The zero-order chi connectivity index (χ0) is 14.5. The Morgan fingerprint density at radius 1 is 1.30 bits per heavy atom. The highest BCUT2D eigenvalue weighted by molar-refractivity contribution is 6.31. The topological polar surface area (TPSA) is 47.0 Å². The van der Waals surface area contributed by atoms with Crippen molar-refractivity contribution in [3.8, 4) is 5.75 Å². The van der Waals surface area contributed by atoms with Gasteiger partial charge in [0.15, 0.2) is 0 Å². The molecule has 0 spiro atoms. The molecule has 0 aliphatic heterocycles. The van der Waals surface area contributed by atoms with Crippen LogP contribution in [0, 0.1) is 0 Å². The third kappa shape index (κ3) is 3.39. The lowest BCUT2D eigenvalue weighted by Crippen LogP contribution is -2.05. The van der Waals surface area contributed by atoms with Crippen LogP contribution in [0.15, 0.2) is 30.6 Å². The molecule has 0 saturated carbocycles. The van der Waals surface area contributed by atoms with E-state index in [0.717, 1.165) is 22.8 Å². The van der Waals surface area contributed by atoms with Crippen LogP contribution in [-0.2, 0) is 6.54 Å². The largest absolute Gasteiger partial charge is 0.496 e. The molecule has 0 atom stereocenters. The predicted molar refractivity (Wildman–Crippen MR) is 81.5 cm³/mol. The van der Waals surface area contributed by atoms with Gasteiger partial charge in [-0.2, -0.15) is 0 Å². The maximum absolute atomic E-state index is 6.20. The Labute approximate surface area is 124 Å². The fraction of sp³-hybridized carbons (Fsp3) is 0.333.